The molecule has 2 aromatic carbocycles. The van der Waals surface area contributed by atoms with Crippen molar-refractivity contribution in [3.05, 3.63) is 70.7 Å². The van der Waals surface area contributed by atoms with Gasteiger partial charge in [-0.3, -0.25) is 4.79 Å². The number of alkyl carbamates (subject to hydrolysis) is 1. The molecule has 4 rings (SSSR count). The standard InChI is InChI=1S/C32H39N5O4S/c1-32(2,3)41-31(39)35-29(20-27-22-42-23-34-27)30(38)37-16-4-14-36(17-18-37)15-5-19-40-28-12-10-26(11-13-28)25-8-6-24(21-33)7-9-25/h6-13,22-23,29H,4-5,14-20H2,1-3H3,(H,35,39)/t29-/m1/s1. The van der Waals surface area contributed by atoms with E-state index in [2.05, 4.69) is 21.3 Å². The summed E-state index contributed by atoms with van der Waals surface area (Å²) in [5, 5.41) is 13.7. The van der Waals surface area contributed by atoms with Gasteiger partial charge in [-0.25, -0.2) is 9.78 Å². The zero-order chi connectivity index (χ0) is 30.0. The number of carbonyl (C=O) groups is 2. The van der Waals surface area contributed by atoms with Crippen molar-refractivity contribution >= 4 is 23.3 Å². The van der Waals surface area contributed by atoms with E-state index in [9.17, 15) is 9.59 Å². The predicted octanol–water partition coefficient (Wildman–Crippen LogP) is 5.12. The second-order valence-electron chi connectivity index (χ2n) is 11.3. The second kappa shape index (κ2) is 14.8. The molecule has 1 aromatic heterocycles. The number of ether oxygens (including phenoxy) is 2. The van der Waals surface area contributed by atoms with Crippen LogP contribution >= 0.6 is 11.3 Å². The van der Waals surface area contributed by atoms with E-state index in [1.807, 2.05) is 58.8 Å². The fourth-order valence-electron chi connectivity index (χ4n) is 4.79. The lowest BCUT2D eigenvalue weighted by molar-refractivity contribution is -0.133. The topological polar surface area (TPSA) is 108 Å². The van der Waals surface area contributed by atoms with Gasteiger partial charge in [0.25, 0.3) is 0 Å². The number of nitrogens with one attached hydrogen (secondary N) is 1. The minimum absolute atomic E-state index is 0.108. The van der Waals surface area contributed by atoms with Crippen LogP contribution in [0.25, 0.3) is 11.1 Å². The van der Waals surface area contributed by atoms with Crippen molar-refractivity contribution in [3.63, 3.8) is 0 Å². The average Bonchev–Trinajstić information content (AvgIpc) is 3.37. The lowest BCUT2D eigenvalue weighted by Gasteiger charge is -2.28. The summed E-state index contributed by atoms with van der Waals surface area (Å²) in [4.78, 5) is 34.6. The molecule has 2 amide bonds. The molecule has 0 aliphatic carbocycles. The van der Waals surface area contributed by atoms with E-state index < -0.39 is 17.7 Å². The smallest absolute Gasteiger partial charge is 0.408 e. The Morgan fingerprint density at radius 1 is 1.05 bits per heavy atom. The number of nitriles is 1. The zero-order valence-electron chi connectivity index (χ0n) is 24.5. The maximum Gasteiger partial charge on any atom is 0.408 e. The first-order valence-electron chi connectivity index (χ1n) is 14.3. The summed E-state index contributed by atoms with van der Waals surface area (Å²) in [5.41, 5.74) is 4.63. The Hall–Kier alpha value is -3.94. The third-order valence-corrected chi connectivity index (χ3v) is 7.51. The van der Waals surface area contributed by atoms with Crippen molar-refractivity contribution in [3.8, 4) is 22.9 Å². The van der Waals surface area contributed by atoms with E-state index >= 15 is 0 Å². The summed E-state index contributed by atoms with van der Waals surface area (Å²) in [6.07, 6.45) is 1.46. The molecule has 42 heavy (non-hydrogen) atoms. The van der Waals surface area contributed by atoms with Crippen LogP contribution in [0, 0.1) is 11.3 Å². The summed E-state index contributed by atoms with van der Waals surface area (Å²) < 4.78 is 11.4. The van der Waals surface area contributed by atoms with E-state index in [1.165, 1.54) is 11.3 Å². The molecule has 1 fully saturated rings. The molecule has 222 valence electrons. The lowest BCUT2D eigenvalue weighted by Crippen LogP contribution is -2.51. The number of nitrogens with zero attached hydrogens (tertiary/aromatic N) is 4. The van der Waals surface area contributed by atoms with Crippen molar-refractivity contribution in [2.75, 3.05) is 39.3 Å². The predicted molar refractivity (Wildman–Crippen MR) is 163 cm³/mol. The first-order valence-corrected chi connectivity index (χ1v) is 15.3. The van der Waals surface area contributed by atoms with Crippen LogP contribution in [0.2, 0.25) is 0 Å². The number of aromatic nitrogens is 1. The van der Waals surface area contributed by atoms with E-state index in [-0.39, 0.29) is 5.91 Å². The third-order valence-electron chi connectivity index (χ3n) is 6.88. The zero-order valence-corrected chi connectivity index (χ0v) is 25.4. The SMILES string of the molecule is CC(C)(C)OC(=O)N[C@H](Cc1cscn1)C(=O)N1CCCN(CCCOc2ccc(-c3ccc(C#N)cc3)cc2)CC1. The maximum atomic E-state index is 13.5. The van der Waals surface area contributed by atoms with Gasteiger partial charge in [0, 0.05) is 38.0 Å². The molecule has 10 heteroatoms. The summed E-state index contributed by atoms with van der Waals surface area (Å²) in [5.74, 6) is 0.715. The van der Waals surface area contributed by atoms with Gasteiger partial charge in [-0.2, -0.15) is 5.26 Å². The quantitative estimate of drug-likeness (QED) is 0.327. The molecule has 1 saturated heterocycles. The molecular formula is C32H39N5O4S. The van der Waals surface area contributed by atoms with Crippen molar-refractivity contribution in [2.24, 2.45) is 0 Å². The number of amides is 2. The van der Waals surface area contributed by atoms with Crippen molar-refractivity contribution in [1.29, 1.82) is 5.26 Å². The summed E-state index contributed by atoms with van der Waals surface area (Å²) in [7, 11) is 0. The average molecular weight is 590 g/mol. The van der Waals surface area contributed by atoms with Crippen molar-refractivity contribution in [2.45, 2.75) is 51.7 Å². The monoisotopic (exact) mass is 589 g/mol. The molecule has 0 spiro atoms. The van der Waals surface area contributed by atoms with Gasteiger partial charge < -0.3 is 24.6 Å². The normalized spacial score (nSPS) is 14.9. The Morgan fingerprint density at radius 3 is 2.40 bits per heavy atom. The van der Waals surface area contributed by atoms with Gasteiger partial charge in [0.2, 0.25) is 5.91 Å². The van der Waals surface area contributed by atoms with Gasteiger partial charge in [-0.05, 0) is 75.5 Å². The van der Waals surface area contributed by atoms with Gasteiger partial charge >= 0.3 is 6.09 Å². The minimum atomic E-state index is -0.731. The number of hydrogen-bond acceptors (Lipinski definition) is 8. The summed E-state index contributed by atoms with van der Waals surface area (Å²) in [6.45, 7) is 9.78. The highest BCUT2D eigenvalue weighted by Gasteiger charge is 2.30. The highest BCUT2D eigenvalue weighted by molar-refractivity contribution is 7.07. The molecule has 0 saturated carbocycles. The van der Waals surface area contributed by atoms with Crippen molar-refractivity contribution < 1.29 is 19.1 Å². The van der Waals surface area contributed by atoms with Crippen molar-refractivity contribution in [1.82, 2.24) is 20.1 Å². The molecule has 0 bridgehead atoms. The van der Waals surface area contributed by atoms with Gasteiger partial charge in [-0.15, -0.1) is 11.3 Å². The van der Waals surface area contributed by atoms with Crippen LogP contribution in [-0.2, 0) is 16.0 Å². The second-order valence-corrected chi connectivity index (χ2v) is 12.0. The van der Waals surface area contributed by atoms with Gasteiger partial charge in [0.15, 0.2) is 0 Å². The molecule has 1 atom stereocenters. The van der Waals surface area contributed by atoms with E-state index in [0.717, 1.165) is 55.0 Å². The number of hydrogen-bond donors (Lipinski definition) is 1. The Kier molecular flexibility index (Phi) is 10.9. The van der Waals surface area contributed by atoms with Crippen LogP contribution in [0.1, 0.15) is 44.9 Å². The van der Waals surface area contributed by atoms with Crippen LogP contribution < -0.4 is 10.1 Å². The Morgan fingerprint density at radius 2 is 1.76 bits per heavy atom. The van der Waals surface area contributed by atoms with Crippen LogP contribution in [-0.4, -0.2) is 77.8 Å². The van der Waals surface area contributed by atoms with Crippen LogP contribution in [0.4, 0.5) is 4.79 Å². The van der Waals surface area contributed by atoms with Crippen LogP contribution in [0.15, 0.2) is 59.4 Å². The van der Waals surface area contributed by atoms with E-state index in [0.29, 0.717) is 31.7 Å². The lowest BCUT2D eigenvalue weighted by atomic mass is 10.0. The minimum Gasteiger partial charge on any atom is -0.494 e. The number of carbonyl (C=O) groups excluding carboxylic acids is 2. The highest BCUT2D eigenvalue weighted by Crippen LogP contribution is 2.23. The molecule has 1 aliphatic rings. The third kappa shape index (κ3) is 9.57. The number of thiazole rings is 1. The van der Waals surface area contributed by atoms with E-state index in [4.69, 9.17) is 14.7 Å². The largest absolute Gasteiger partial charge is 0.494 e. The first-order chi connectivity index (χ1) is 20.2. The molecule has 3 aromatic rings. The fourth-order valence-corrected chi connectivity index (χ4v) is 5.36. The Balaban J connectivity index is 1.23. The molecule has 1 aliphatic heterocycles. The molecule has 9 nitrogen and oxygen atoms in total. The molecule has 0 radical (unpaired) electrons. The fraction of sp³-hybridized carbons (Fsp3) is 0.438. The molecule has 0 unspecified atom stereocenters. The van der Waals surface area contributed by atoms with Crippen LogP contribution in [0.3, 0.4) is 0 Å². The maximum absolute atomic E-state index is 13.5. The van der Waals surface area contributed by atoms with Gasteiger partial charge in [-0.1, -0.05) is 24.3 Å². The summed E-state index contributed by atoms with van der Waals surface area (Å²) >= 11 is 1.46. The Labute approximate surface area is 252 Å². The molecule has 2 heterocycles. The number of benzene rings is 2. The Bertz CT molecular complexity index is 1330. The van der Waals surface area contributed by atoms with E-state index in [1.54, 1.807) is 26.3 Å². The molecule has 1 N–H and O–H groups in total. The highest BCUT2D eigenvalue weighted by atomic mass is 32.1. The molecular weight excluding hydrogens is 550 g/mol. The number of rotatable bonds is 10. The summed E-state index contributed by atoms with van der Waals surface area (Å²) in [6, 6.07) is 16.9. The van der Waals surface area contributed by atoms with Gasteiger partial charge in [0.05, 0.1) is 29.4 Å². The first kappa shape index (κ1) is 31.0. The van der Waals surface area contributed by atoms with Gasteiger partial charge in [0.1, 0.15) is 17.4 Å². The van der Waals surface area contributed by atoms with Crippen LogP contribution in [0.5, 0.6) is 5.75 Å².